The first kappa shape index (κ1) is 18.3. The molecule has 0 saturated carbocycles. The molecule has 0 saturated heterocycles. The minimum absolute atomic E-state index is 0.175. The number of carbonyl (C=O) groups excluding carboxylic acids is 1. The lowest BCUT2D eigenvalue weighted by Gasteiger charge is -2.09. The molecule has 0 radical (unpaired) electrons. The van der Waals surface area contributed by atoms with E-state index in [0.717, 1.165) is 17.1 Å². The maximum Gasteiger partial charge on any atom is 0.222 e. The molecule has 0 amide bonds. The van der Waals surface area contributed by atoms with Gasteiger partial charge in [0.15, 0.2) is 5.76 Å². The van der Waals surface area contributed by atoms with Crippen LogP contribution >= 0.6 is 0 Å². The van der Waals surface area contributed by atoms with Gasteiger partial charge in [0.05, 0.1) is 7.11 Å². The summed E-state index contributed by atoms with van der Waals surface area (Å²) in [5, 5.41) is 3.18. The number of allylic oxidation sites excluding steroid dienone is 2. The third-order valence-electron chi connectivity index (χ3n) is 3.80. The van der Waals surface area contributed by atoms with Gasteiger partial charge in [-0.25, -0.2) is 0 Å². The van der Waals surface area contributed by atoms with Crippen LogP contribution in [0.1, 0.15) is 23.2 Å². The molecule has 3 rings (SSSR count). The van der Waals surface area contributed by atoms with Gasteiger partial charge in [-0.15, -0.1) is 0 Å². The first-order valence-electron chi connectivity index (χ1n) is 8.51. The van der Waals surface area contributed by atoms with E-state index in [1.165, 1.54) is 6.08 Å². The van der Waals surface area contributed by atoms with E-state index in [2.05, 4.69) is 5.32 Å². The minimum Gasteiger partial charge on any atom is -0.497 e. The second-order valence-corrected chi connectivity index (χ2v) is 6.03. The van der Waals surface area contributed by atoms with E-state index >= 15 is 0 Å². The van der Waals surface area contributed by atoms with Crippen LogP contribution in [0.25, 0.3) is 0 Å². The molecule has 0 bridgehead atoms. The zero-order valence-corrected chi connectivity index (χ0v) is 15.5. The zero-order valence-electron chi connectivity index (χ0n) is 15.5. The second-order valence-electron chi connectivity index (χ2n) is 6.03. The van der Waals surface area contributed by atoms with E-state index in [9.17, 15) is 4.79 Å². The predicted octanol–water partition coefficient (Wildman–Crippen LogP) is 5.59. The number of nitrogens with one attached hydrogen (secondary N) is 1. The number of anilines is 1. The summed E-state index contributed by atoms with van der Waals surface area (Å²) in [6.45, 7) is 3.63. The molecule has 1 N–H and O–H groups in total. The summed E-state index contributed by atoms with van der Waals surface area (Å²) in [6.07, 6.45) is 1.51. The number of ketones is 1. The third kappa shape index (κ3) is 5.01. The van der Waals surface area contributed by atoms with E-state index in [-0.39, 0.29) is 5.78 Å². The van der Waals surface area contributed by atoms with Crippen molar-refractivity contribution in [2.45, 2.75) is 13.8 Å². The summed E-state index contributed by atoms with van der Waals surface area (Å²) in [5.41, 5.74) is 1.57. The monoisotopic (exact) mass is 363 g/mol. The molecule has 27 heavy (non-hydrogen) atoms. The highest BCUT2D eigenvalue weighted by Crippen LogP contribution is 2.26. The molecule has 1 heterocycles. The molecule has 3 aromatic rings. The quantitative estimate of drug-likeness (QED) is 0.438. The van der Waals surface area contributed by atoms with Gasteiger partial charge in [0.1, 0.15) is 23.0 Å². The van der Waals surface area contributed by atoms with Gasteiger partial charge < -0.3 is 19.2 Å². The van der Waals surface area contributed by atoms with Crippen LogP contribution in [-0.2, 0) is 0 Å². The Morgan fingerprint density at radius 1 is 1.00 bits per heavy atom. The SMILES string of the molecule is COc1cccc(Oc2ccc(N/C(C)=C/C(=O)c3ccc(C)o3)cc2)c1. The van der Waals surface area contributed by atoms with Crippen molar-refractivity contribution < 1.29 is 18.7 Å². The number of ether oxygens (including phenoxy) is 2. The first-order chi connectivity index (χ1) is 13.0. The summed E-state index contributed by atoms with van der Waals surface area (Å²) in [7, 11) is 1.62. The molecule has 5 heteroatoms. The molecular weight excluding hydrogens is 342 g/mol. The van der Waals surface area contributed by atoms with Gasteiger partial charge in [0.25, 0.3) is 0 Å². The molecule has 0 atom stereocenters. The summed E-state index contributed by atoms with van der Waals surface area (Å²) < 4.78 is 16.3. The van der Waals surface area contributed by atoms with Gasteiger partial charge in [-0.05, 0) is 62.4 Å². The number of methoxy groups -OCH3 is 1. The lowest BCUT2D eigenvalue weighted by atomic mass is 10.2. The molecule has 2 aromatic carbocycles. The Kier molecular flexibility index (Phi) is 5.61. The van der Waals surface area contributed by atoms with Gasteiger partial charge >= 0.3 is 0 Å². The van der Waals surface area contributed by atoms with Crippen molar-refractivity contribution in [1.82, 2.24) is 0 Å². The number of carbonyl (C=O) groups is 1. The van der Waals surface area contributed by atoms with Crippen molar-refractivity contribution in [1.29, 1.82) is 0 Å². The summed E-state index contributed by atoms with van der Waals surface area (Å²) >= 11 is 0. The van der Waals surface area contributed by atoms with Crippen molar-refractivity contribution in [2.24, 2.45) is 0 Å². The van der Waals surface area contributed by atoms with Gasteiger partial charge in [0.2, 0.25) is 5.78 Å². The van der Waals surface area contributed by atoms with Crippen LogP contribution in [0.15, 0.2) is 76.9 Å². The predicted molar refractivity (Wildman–Crippen MR) is 105 cm³/mol. The fourth-order valence-corrected chi connectivity index (χ4v) is 2.51. The number of rotatable bonds is 7. The summed E-state index contributed by atoms with van der Waals surface area (Å²) in [5.74, 6) is 3.01. The van der Waals surface area contributed by atoms with E-state index < -0.39 is 0 Å². The lowest BCUT2D eigenvalue weighted by molar-refractivity contribution is 0.102. The summed E-state index contributed by atoms with van der Waals surface area (Å²) in [6, 6.07) is 18.3. The Morgan fingerprint density at radius 2 is 1.74 bits per heavy atom. The fraction of sp³-hybridized carbons (Fsp3) is 0.136. The van der Waals surface area contributed by atoms with Crippen LogP contribution in [0.2, 0.25) is 0 Å². The Balaban J connectivity index is 1.63. The first-order valence-corrected chi connectivity index (χ1v) is 8.51. The van der Waals surface area contributed by atoms with Crippen LogP contribution in [0.4, 0.5) is 5.69 Å². The van der Waals surface area contributed by atoms with E-state index in [4.69, 9.17) is 13.9 Å². The summed E-state index contributed by atoms with van der Waals surface area (Å²) in [4.78, 5) is 12.1. The Bertz CT molecular complexity index is 954. The van der Waals surface area contributed by atoms with E-state index in [1.807, 2.05) is 55.5 Å². The highest BCUT2D eigenvalue weighted by molar-refractivity contribution is 6.03. The van der Waals surface area contributed by atoms with Gasteiger partial charge in [-0.1, -0.05) is 6.07 Å². The fourth-order valence-electron chi connectivity index (χ4n) is 2.51. The van der Waals surface area contributed by atoms with Gasteiger partial charge in [-0.3, -0.25) is 4.79 Å². The highest BCUT2D eigenvalue weighted by Gasteiger charge is 2.08. The van der Waals surface area contributed by atoms with Crippen LogP contribution in [0.5, 0.6) is 17.2 Å². The Hall–Kier alpha value is -3.47. The molecule has 0 spiro atoms. The molecule has 0 aliphatic carbocycles. The highest BCUT2D eigenvalue weighted by atomic mass is 16.5. The van der Waals surface area contributed by atoms with Crippen molar-refractivity contribution >= 4 is 11.5 Å². The topological polar surface area (TPSA) is 60.7 Å². The minimum atomic E-state index is -0.175. The lowest BCUT2D eigenvalue weighted by Crippen LogP contribution is -2.00. The van der Waals surface area contributed by atoms with Crippen LogP contribution in [0, 0.1) is 6.92 Å². The Morgan fingerprint density at radius 3 is 2.41 bits per heavy atom. The van der Waals surface area contributed by atoms with Crippen molar-refractivity contribution in [3.05, 3.63) is 84.0 Å². The molecule has 138 valence electrons. The number of benzene rings is 2. The number of furan rings is 1. The third-order valence-corrected chi connectivity index (χ3v) is 3.80. The molecule has 0 unspecified atom stereocenters. The van der Waals surface area contributed by atoms with Crippen molar-refractivity contribution in [2.75, 3.05) is 12.4 Å². The molecule has 5 nitrogen and oxygen atoms in total. The normalized spacial score (nSPS) is 11.1. The van der Waals surface area contributed by atoms with Crippen molar-refractivity contribution in [3.63, 3.8) is 0 Å². The number of aryl methyl sites for hydroxylation is 1. The van der Waals surface area contributed by atoms with Crippen LogP contribution in [-0.4, -0.2) is 12.9 Å². The Labute approximate surface area is 158 Å². The smallest absolute Gasteiger partial charge is 0.222 e. The average Bonchev–Trinajstić information content (AvgIpc) is 3.10. The number of hydrogen-bond donors (Lipinski definition) is 1. The molecular formula is C22H21NO4. The largest absolute Gasteiger partial charge is 0.497 e. The van der Waals surface area contributed by atoms with Crippen molar-refractivity contribution in [3.8, 4) is 17.2 Å². The average molecular weight is 363 g/mol. The molecule has 1 aromatic heterocycles. The molecule has 0 aliphatic rings. The standard InChI is InChI=1S/C22H21NO4/c1-15(13-21(24)22-12-7-16(2)26-22)23-17-8-10-18(11-9-17)27-20-6-4-5-19(14-20)25-3/h4-14,23H,1-3H3/b15-13+. The van der Waals surface area contributed by atoms with E-state index in [0.29, 0.717) is 23.0 Å². The van der Waals surface area contributed by atoms with Gasteiger partial charge in [0, 0.05) is 23.5 Å². The number of hydrogen-bond acceptors (Lipinski definition) is 5. The van der Waals surface area contributed by atoms with Crippen LogP contribution in [0.3, 0.4) is 0 Å². The zero-order chi connectivity index (χ0) is 19.2. The molecule has 0 fully saturated rings. The maximum atomic E-state index is 12.1. The van der Waals surface area contributed by atoms with Crippen LogP contribution < -0.4 is 14.8 Å². The van der Waals surface area contributed by atoms with Gasteiger partial charge in [-0.2, -0.15) is 0 Å². The van der Waals surface area contributed by atoms with E-state index in [1.54, 1.807) is 26.2 Å². The maximum absolute atomic E-state index is 12.1. The second kappa shape index (κ2) is 8.27. The molecule has 0 aliphatic heterocycles.